The van der Waals surface area contributed by atoms with Gasteiger partial charge in [-0.2, -0.15) is 5.10 Å². The molecule has 0 saturated heterocycles. The van der Waals surface area contributed by atoms with Crippen LogP contribution in [0.5, 0.6) is 0 Å². The lowest BCUT2D eigenvalue weighted by atomic mass is 10.2. The largest absolute Gasteiger partial charge is 0.396 e. The molecule has 0 aliphatic rings. The van der Waals surface area contributed by atoms with E-state index >= 15 is 0 Å². The molecule has 7 nitrogen and oxygen atoms in total. The second-order valence-electron chi connectivity index (χ2n) is 4.62. The summed E-state index contributed by atoms with van der Waals surface area (Å²) in [5.74, 6) is 1.48. The molecule has 0 aliphatic heterocycles. The first kappa shape index (κ1) is 12.6. The van der Waals surface area contributed by atoms with Gasteiger partial charge in [0, 0.05) is 12.4 Å². The summed E-state index contributed by atoms with van der Waals surface area (Å²) >= 11 is 0. The van der Waals surface area contributed by atoms with Crippen molar-refractivity contribution in [2.24, 2.45) is 0 Å². The smallest absolute Gasteiger partial charge is 0.206 e. The van der Waals surface area contributed by atoms with Crippen molar-refractivity contribution in [3.05, 3.63) is 29.6 Å². The van der Waals surface area contributed by atoms with E-state index in [0.29, 0.717) is 11.5 Å². The summed E-state index contributed by atoms with van der Waals surface area (Å²) in [7, 11) is 0. The fourth-order valence-electron chi connectivity index (χ4n) is 2.37. The lowest BCUT2D eigenvalue weighted by Crippen LogP contribution is -2.07. The Morgan fingerprint density at radius 1 is 1.20 bits per heavy atom. The van der Waals surface area contributed by atoms with Crippen LogP contribution in [0.4, 0.5) is 5.69 Å². The van der Waals surface area contributed by atoms with Gasteiger partial charge in [0.1, 0.15) is 5.82 Å². The van der Waals surface area contributed by atoms with Gasteiger partial charge in [0.05, 0.1) is 17.1 Å². The van der Waals surface area contributed by atoms with Crippen LogP contribution < -0.4 is 5.73 Å². The van der Waals surface area contributed by atoms with E-state index in [-0.39, 0.29) is 0 Å². The van der Waals surface area contributed by atoms with E-state index in [4.69, 9.17) is 5.73 Å². The summed E-state index contributed by atoms with van der Waals surface area (Å²) < 4.78 is 3.68. The summed E-state index contributed by atoms with van der Waals surface area (Å²) in [6.45, 7) is 6.00. The summed E-state index contributed by atoms with van der Waals surface area (Å²) in [5, 5.41) is 12.8. The number of nitrogens with zero attached hydrogens (tertiary/aromatic N) is 6. The summed E-state index contributed by atoms with van der Waals surface area (Å²) in [5.41, 5.74) is 9.44. The first-order valence-corrected chi connectivity index (χ1v) is 6.70. The van der Waals surface area contributed by atoms with Gasteiger partial charge < -0.3 is 5.73 Å². The molecule has 3 aromatic heterocycles. The third kappa shape index (κ3) is 1.66. The molecule has 0 amide bonds. The van der Waals surface area contributed by atoms with Gasteiger partial charge in [-0.15, -0.1) is 10.2 Å². The van der Waals surface area contributed by atoms with Gasteiger partial charge in [-0.3, -0.25) is 4.40 Å². The van der Waals surface area contributed by atoms with Crippen LogP contribution >= 0.6 is 0 Å². The van der Waals surface area contributed by atoms with E-state index < -0.39 is 0 Å². The second kappa shape index (κ2) is 4.59. The number of rotatable bonds is 3. The highest BCUT2D eigenvalue weighted by atomic mass is 15.4. The van der Waals surface area contributed by atoms with Gasteiger partial charge in [-0.25, -0.2) is 9.67 Å². The maximum absolute atomic E-state index is 6.16. The molecule has 0 unspecified atom stereocenters. The number of nitrogens with two attached hydrogens (primary N) is 1. The van der Waals surface area contributed by atoms with E-state index in [9.17, 15) is 0 Å². The SMILES string of the molecule is CCc1nn(-c2nccn3c(C)nnc23)c(CC)c1N. The summed E-state index contributed by atoms with van der Waals surface area (Å²) in [4.78, 5) is 4.41. The van der Waals surface area contributed by atoms with E-state index in [1.165, 1.54) is 0 Å². The molecule has 0 radical (unpaired) electrons. The Hall–Kier alpha value is -2.44. The molecule has 0 atom stereocenters. The van der Waals surface area contributed by atoms with Gasteiger partial charge in [0.15, 0.2) is 5.82 Å². The lowest BCUT2D eigenvalue weighted by Gasteiger charge is -2.06. The van der Waals surface area contributed by atoms with Crippen LogP contribution in [-0.4, -0.2) is 29.4 Å². The molecule has 7 heteroatoms. The maximum Gasteiger partial charge on any atom is 0.206 e. The van der Waals surface area contributed by atoms with Gasteiger partial charge in [0.25, 0.3) is 0 Å². The minimum atomic E-state index is 0.663. The van der Waals surface area contributed by atoms with E-state index in [1.54, 1.807) is 10.9 Å². The topological polar surface area (TPSA) is 86.9 Å². The van der Waals surface area contributed by atoms with Crippen molar-refractivity contribution in [2.75, 3.05) is 5.73 Å². The molecule has 3 rings (SSSR count). The fourth-order valence-corrected chi connectivity index (χ4v) is 2.37. The molecule has 0 fully saturated rings. The van der Waals surface area contributed by atoms with Gasteiger partial charge in [0.2, 0.25) is 5.65 Å². The Bertz CT molecular complexity index is 768. The molecule has 20 heavy (non-hydrogen) atoms. The first-order chi connectivity index (χ1) is 9.67. The highest BCUT2D eigenvalue weighted by Crippen LogP contribution is 2.23. The van der Waals surface area contributed by atoms with E-state index in [1.807, 2.05) is 24.4 Å². The Morgan fingerprint density at radius 2 is 2.00 bits per heavy atom. The maximum atomic E-state index is 6.16. The van der Waals surface area contributed by atoms with Crippen molar-refractivity contribution in [3.63, 3.8) is 0 Å². The monoisotopic (exact) mass is 271 g/mol. The number of aryl methyl sites for hydroxylation is 2. The van der Waals surface area contributed by atoms with Crippen molar-refractivity contribution < 1.29 is 0 Å². The standard InChI is InChI=1S/C13H17N7/c1-4-9-11(14)10(5-2)20(18-9)12-13-17-16-8(3)19(13)7-6-15-12/h6-7H,4-5,14H2,1-3H3. The number of hydrogen-bond donors (Lipinski definition) is 1. The molecular weight excluding hydrogens is 254 g/mol. The van der Waals surface area contributed by atoms with E-state index in [2.05, 4.69) is 27.2 Å². The Morgan fingerprint density at radius 3 is 2.70 bits per heavy atom. The van der Waals surface area contributed by atoms with Crippen LogP contribution in [0, 0.1) is 6.92 Å². The average molecular weight is 271 g/mol. The van der Waals surface area contributed by atoms with Crippen molar-refractivity contribution in [1.29, 1.82) is 0 Å². The number of aromatic nitrogens is 6. The van der Waals surface area contributed by atoms with Crippen LogP contribution in [0.3, 0.4) is 0 Å². The third-order valence-corrected chi connectivity index (χ3v) is 3.45. The summed E-state index contributed by atoms with van der Waals surface area (Å²) in [6.07, 6.45) is 5.14. The average Bonchev–Trinajstić information content (AvgIpc) is 2.99. The first-order valence-electron chi connectivity index (χ1n) is 6.70. The van der Waals surface area contributed by atoms with Gasteiger partial charge in [-0.05, 0) is 19.8 Å². The van der Waals surface area contributed by atoms with Crippen molar-refractivity contribution in [3.8, 4) is 5.82 Å². The Labute approximate surface area is 116 Å². The molecule has 0 saturated carbocycles. The molecule has 0 spiro atoms. The number of fused-ring (bicyclic) bond motifs is 1. The van der Waals surface area contributed by atoms with Crippen LogP contribution in [0.25, 0.3) is 11.5 Å². The van der Waals surface area contributed by atoms with Gasteiger partial charge in [-0.1, -0.05) is 13.8 Å². The fraction of sp³-hybridized carbons (Fsp3) is 0.385. The minimum Gasteiger partial charge on any atom is -0.396 e. The molecular formula is C13H17N7. The van der Waals surface area contributed by atoms with Crippen LogP contribution in [0.2, 0.25) is 0 Å². The summed E-state index contributed by atoms with van der Waals surface area (Å²) in [6, 6.07) is 0. The molecule has 0 bridgehead atoms. The Kier molecular flexibility index (Phi) is 2.89. The van der Waals surface area contributed by atoms with Crippen molar-refractivity contribution in [1.82, 2.24) is 29.4 Å². The van der Waals surface area contributed by atoms with Gasteiger partial charge >= 0.3 is 0 Å². The molecule has 0 aromatic carbocycles. The normalized spacial score (nSPS) is 11.3. The number of nitrogen functional groups attached to an aromatic ring is 1. The lowest BCUT2D eigenvalue weighted by molar-refractivity contribution is 0.770. The number of anilines is 1. The zero-order valence-electron chi connectivity index (χ0n) is 11.8. The highest BCUT2D eigenvalue weighted by Gasteiger charge is 2.18. The quantitative estimate of drug-likeness (QED) is 0.776. The third-order valence-electron chi connectivity index (χ3n) is 3.45. The van der Waals surface area contributed by atoms with Crippen LogP contribution in [0.15, 0.2) is 12.4 Å². The second-order valence-corrected chi connectivity index (χ2v) is 4.62. The molecule has 2 N–H and O–H groups in total. The van der Waals surface area contributed by atoms with E-state index in [0.717, 1.165) is 35.7 Å². The zero-order chi connectivity index (χ0) is 14.3. The zero-order valence-corrected chi connectivity index (χ0v) is 11.8. The predicted molar refractivity (Wildman–Crippen MR) is 75.8 cm³/mol. The van der Waals surface area contributed by atoms with Crippen molar-refractivity contribution >= 4 is 11.3 Å². The van der Waals surface area contributed by atoms with Crippen LogP contribution in [0.1, 0.15) is 31.1 Å². The molecule has 0 aliphatic carbocycles. The molecule has 3 aromatic rings. The molecule has 3 heterocycles. The van der Waals surface area contributed by atoms with Crippen molar-refractivity contribution in [2.45, 2.75) is 33.6 Å². The highest BCUT2D eigenvalue weighted by molar-refractivity contribution is 5.58. The minimum absolute atomic E-state index is 0.663. The molecule has 104 valence electrons. The number of hydrogen-bond acceptors (Lipinski definition) is 5. The predicted octanol–water partition coefficient (Wildman–Crippen LogP) is 1.33. The Balaban J connectivity index is 2.31. The van der Waals surface area contributed by atoms with Crippen LogP contribution in [-0.2, 0) is 12.8 Å².